The minimum absolute atomic E-state index is 0.0472. The van der Waals surface area contributed by atoms with Gasteiger partial charge in [0.2, 0.25) is 11.8 Å². The summed E-state index contributed by atoms with van der Waals surface area (Å²) in [5.41, 5.74) is 4.54. The zero-order valence-electron chi connectivity index (χ0n) is 19.8. The van der Waals surface area contributed by atoms with E-state index in [0.717, 1.165) is 40.9 Å². The van der Waals surface area contributed by atoms with E-state index < -0.39 is 0 Å². The quantitative estimate of drug-likeness (QED) is 0.500. The molecule has 3 aromatic rings. The largest absolute Gasteiger partial charge is 0.375 e. The molecular formula is C26H32N4O3. The van der Waals surface area contributed by atoms with E-state index in [1.807, 2.05) is 68.4 Å². The number of carbonyl (C=O) groups excluding carboxylic acids is 2. The van der Waals surface area contributed by atoms with E-state index >= 15 is 0 Å². The summed E-state index contributed by atoms with van der Waals surface area (Å²) < 4.78 is 6.77. The first-order chi connectivity index (χ1) is 16.0. The van der Waals surface area contributed by atoms with Crippen LogP contribution >= 0.6 is 0 Å². The summed E-state index contributed by atoms with van der Waals surface area (Å²) in [4.78, 5) is 27.2. The summed E-state index contributed by atoms with van der Waals surface area (Å²) in [6.45, 7) is 6.40. The molecule has 33 heavy (non-hydrogen) atoms. The normalized spacial score (nSPS) is 10.8. The van der Waals surface area contributed by atoms with Crippen LogP contribution < -0.4 is 5.32 Å². The fourth-order valence-corrected chi connectivity index (χ4v) is 3.77. The fraction of sp³-hybridized carbons (Fsp3) is 0.346. The Morgan fingerprint density at radius 2 is 1.76 bits per heavy atom. The Morgan fingerprint density at radius 1 is 1.06 bits per heavy atom. The van der Waals surface area contributed by atoms with Crippen LogP contribution in [0.15, 0.2) is 54.6 Å². The van der Waals surface area contributed by atoms with E-state index in [2.05, 4.69) is 12.2 Å². The van der Waals surface area contributed by atoms with Crippen LogP contribution in [0.2, 0.25) is 0 Å². The number of ether oxygens (including phenoxy) is 1. The molecule has 1 N–H and O–H groups in total. The highest BCUT2D eigenvalue weighted by Crippen LogP contribution is 2.34. The van der Waals surface area contributed by atoms with Crippen LogP contribution in [0.1, 0.15) is 31.0 Å². The molecule has 0 fully saturated rings. The van der Waals surface area contributed by atoms with Gasteiger partial charge < -0.3 is 15.0 Å². The van der Waals surface area contributed by atoms with E-state index in [4.69, 9.17) is 9.84 Å². The molecule has 1 aromatic heterocycles. The number of hydrogen-bond donors (Lipinski definition) is 1. The van der Waals surface area contributed by atoms with Gasteiger partial charge in [-0.05, 0) is 37.5 Å². The maximum Gasteiger partial charge on any atom is 0.249 e. The van der Waals surface area contributed by atoms with Gasteiger partial charge in [0.05, 0.1) is 17.9 Å². The molecule has 1 heterocycles. The lowest BCUT2D eigenvalue weighted by Gasteiger charge is -2.22. The molecule has 7 nitrogen and oxygen atoms in total. The van der Waals surface area contributed by atoms with Crippen LogP contribution in [-0.4, -0.2) is 53.3 Å². The van der Waals surface area contributed by atoms with E-state index in [0.29, 0.717) is 12.4 Å². The van der Waals surface area contributed by atoms with Crippen molar-refractivity contribution in [3.8, 4) is 16.8 Å². The number of rotatable bonds is 10. The summed E-state index contributed by atoms with van der Waals surface area (Å²) in [5, 5.41) is 7.82. The van der Waals surface area contributed by atoms with Gasteiger partial charge in [0.15, 0.2) is 0 Å². The molecule has 0 bridgehead atoms. The van der Waals surface area contributed by atoms with Crippen molar-refractivity contribution < 1.29 is 14.3 Å². The Balaban J connectivity index is 1.99. The highest BCUT2D eigenvalue weighted by atomic mass is 16.5. The topological polar surface area (TPSA) is 76.5 Å². The zero-order valence-corrected chi connectivity index (χ0v) is 19.8. The SMILES string of the molecule is CCCCN(CC(=O)Nc1c(-c2ccccc2)c(C)nn1-c1ccccc1C)C(=O)COC. The van der Waals surface area contributed by atoms with Crippen LogP contribution in [0.3, 0.4) is 0 Å². The molecule has 0 spiro atoms. The number of benzene rings is 2. The average Bonchev–Trinajstić information content (AvgIpc) is 3.12. The number of anilines is 1. The van der Waals surface area contributed by atoms with E-state index in [9.17, 15) is 9.59 Å². The summed E-state index contributed by atoms with van der Waals surface area (Å²) in [6, 6.07) is 17.8. The highest BCUT2D eigenvalue weighted by molar-refractivity contribution is 5.98. The molecule has 2 aromatic carbocycles. The van der Waals surface area contributed by atoms with Crippen LogP contribution in [0, 0.1) is 13.8 Å². The molecule has 0 atom stereocenters. The number of unbranched alkanes of at least 4 members (excludes halogenated alkanes) is 1. The molecule has 174 valence electrons. The van der Waals surface area contributed by atoms with Crippen molar-refractivity contribution in [1.29, 1.82) is 0 Å². The van der Waals surface area contributed by atoms with Crippen molar-refractivity contribution in [2.24, 2.45) is 0 Å². The lowest BCUT2D eigenvalue weighted by Crippen LogP contribution is -2.40. The van der Waals surface area contributed by atoms with E-state index in [-0.39, 0.29) is 25.0 Å². The lowest BCUT2D eigenvalue weighted by atomic mass is 10.1. The van der Waals surface area contributed by atoms with Crippen LogP contribution in [-0.2, 0) is 14.3 Å². The Hall–Kier alpha value is -3.45. The zero-order chi connectivity index (χ0) is 23.8. The first-order valence-corrected chi connectivity index (χ1v) is 11.2. The monoisotopic (exact) mass is 448 g/mol. The summed E-state index contributed by atoms with van der Waals surface area (Å²) in [6.07, 6.45) is 1.74. The molecule has 0 saturated heterocycles. The molecule has 0 radical (unpaired) electrons. The van der Waals surface area contributed by atoms with Gasteiger partial charge in [-0.25, -0.2) is 4.68 Å². The molecule has 0 aliphatic rings. The minimum Gasteiger partial charge on any atom is -0.375 e. The van der Waals surface area contributed by atoms with E-state index in [1.165, 1.54) is 7.11 Å². The third-order valence-electron chi connectivity index (χ3n) is 5.46. The predicted octanol–water partition coefficient (Wildman–Crippen LogP) is 4.37. The van der Waals surface area contributed by atoms with Crippen molar-refractivity contribution in [3.05, 3.63) is 65.9 Å². The number of aryl methyl sites for hydroxylation is 2. The number of nitrogens with zero attached hydrogens (tertiary/aromatic N) is 3. The number of methoxy groups -OCH3 is 1. The fourth-order valence-electron chi connectivity index (χ4n) is 3.77. The number of nitrogens with one attached hydrogen (secondary N) is 1. The van der Waals surface area contributed by atoms with Crippen molar-refractivity contribution >= 4 is 17.6 Å². The van der Waals surface area contributed by atoms with Crippen molar-refractivity contribution in [2.45, 2.75) is 33.6 Å². The number of amides is 2. The van der Waals surface area contributed by atoms with Gasteiger partial charge in [-0.3, -0.25) is 9.59 Å². The predicted molar refractivity (Wildman–Crippen MR) is 130 cm³/mol. The highest BCUT2D eigenvalue weighted by Gasteiger charge is 2.23. The first-order valence-electron chi connectivity index (χ1n) is 11.2. The third kappa shape index (κ3) is 5.87. The van der Waals surface area contributed by atoms with Gasteiger partial charge in [0.25, 0.3) is 0 Å². The smallest absolute Gasteiger partial charge is 0.249 e. The second kappa shape index (κ2) is 11.4. The van der Waals surface area contributed by atoms with Crippen molar-refractivity contribution in [3.63, 3.8) is 0 Å². The van der Waals surface area contributed by atoms with Crippen molar-refractivity contribution in [2.75, 3.05) is 32.1 Å². The van der Waals surface area contributed by atoms with E-state index in [1.54, 1.807) is 9.58 Å². The molecule has 2 amide bonds. The maximum absolute atomic E-state index is 13.2. The molecule has 0 saturated carbocycles. The van der Waals surface area contributed by atoms with Crippen LogP contribution in [0.4, 0.5) is 5.82 Å². The van der Waals surface area contributed by atoms with Crippen LogP contribution in [0.5, 0.6) is 0 Å². The Labute approximate surface area is 195 Å². The molecular weight excluding hydrogens is 416 g/mol. The minimum atomic E-state index is -0.275. The third-order valence-corrected chi connectivity index (χ3v) is 5.46. The van der Waals surface area contributed by atoms with Gasteiger partial charge >= 0.3 is 0 Å². The molecule has 0 aliphatic carbocycles. The molecule has 3 rings (SSSR count). The second-order valence-corrected chi connectivity index (χ2v) is 8.02. The number of aromatic nitrogens is 2. The Bertz CT molecular complexity index is 1090. The van der Waals surface area contributed by atoms with Gasteiger partial charge in [-0.2, -0.15) is 5.10 Å². The molecule has 7 heteroatoms. The second-order valence-electron chi connectivity index (χ2n) is 8.02. The maximum atomic E-state index is 13.2. The van der Waals surface area contributed by atoms with Gasteiger partial charge in [-0.1, -0.05) is 61.9 Å². The van der Waals surface area contributed by atoms with Gasteiger partial charge in [0, 0.05) is 19.2 Å². The summed E-state index contributed by atoms with van der Waals surface area (Å²) in [5.74, 6) is 0.114. The van der Waals surface area contributed by atoms with Crippen LogP contribution in [0.25, 0.3) is 16.8 Å². The number of carbonyl (C=O) groups is 2. The number of hydrogen-bond acceptors (Lipinski definition) is 4. The number of para-hydroxylation sites is 1. The Morgan fingerprint density at radius 3 is 2.42 bits per heavy atom. The van der Waals surface area contributed by atoms with Gasteiger partial charge in [-0.15, -0.1) is 0 Å². The van der Waals surface area contributed by atoms with Crippen molar-refractivity contribution in [1.82, 2.24) is 14.7 Å². The summed E-state index contributed by atoms with van der Waals surface area (Å²) in [7, 11) is 1.48. The average molecular weight is 449 g/mol. The standard InChI is InChI=1S/C26H32N4O3/c1-5-6-16-29(24(32)18-33-4)17-23(31)27-26-25(21-13-8-7-9-14-21)20(3)28-30(26)22-15-11-10-12-19(22)2/h7-15H,5-6,16-18H2,1-4H3,(H,27,31). The van der Waals surface area contributed by atoms with Gasteiger partial charge in [0.1, 0.15) is 12.4 Å². The first kappa shape index (κ1) is 24.2. The molecule has 0 unspecified atom stereocenters. The summed E-state index contributed by atoms with van der Waals surface area (Å²) >= 11 is 0. The molecule has 0 aliphatic heterocycles. The Kier molecular flexibility index (Phi) is 8.38. The lowest BCUT2D eigenvalue weighted by molar-refractivity contribution is -0.138.